The van der Waals surface area contributed by atoms with E-state index < -0.39 is 5.66 Å². The van der Waals surface area contributed by atoms with Gasteiger partial charge in [-0.3, -0.25) is 4.79 Å². The van der Waals surface area contributed by atoms with Crippen molar-refractivity contribution in [3.63, 3.8) is 0 Å². The van der Waals surface area contributed by atoms with E-state index in [0.717, 1.165) is 24.5 Å². The minimum atomic E-state index is -0.392. The van der Waals surface area contributed by atoms with Crippen LogP contribution in [0.4, 0.5) is 0 Å². The van der Waals surface area contributed by atoms with Crippen LogP contribution in [0.3, 0.4) is 0 Å². The van der Waals surface area contributed by atoms with Crippen LogP contribution in [0.15, 0.2) is 16.4 Å². The highest BCUT2D eigenvalue weighted by Gasteiger charge is 2.39. The molecule has 1 aromatic rings. The van der Waals surface area contributed by atoms with E-state index in [1.165, 1.54) is 0 Å². The van der Waals surface area contributed by atoms with Crippen molar-refractivity contribution in [2.24, 2.45) is 10.2 Å². The fourth-order valence-electron chi connectivity index (χ4n) is 2.56. The number of hydrogen-bond donors (Lipinski definition) is 1. The van der Waals surface area contributed by atoms with Crippen LogP contribution < -0.4 is 5.32 Å². The average Bonchev–Trinajstić information content (AvgIpc) is 3.20. The maximum Gasteiger partial charge on any atom is 0.220 e. The molecule has 0 atom stereocenters. The van der Waals surface area contributed by atoms with Gasteiger partial charge in [-0.15, -0.1) is 12.3 Å². The summed E-state index contributed by atoms with van der Waals surface area (Å²) in [5.41, 5.74) is 0.617. The second kappa shape index (κ2) is 6.28. The highest BCUT2D eigenvalue weighted by atomic mass is 16.5. The van der Waals surface area contributed by atoms with Gasteiger partial charge >= 0.3 is 0 Å². The first kappa shape index (κ1) is 14.7. The molecule has 2 aliphatic heterocycles. The number of hydrogen-bond acceptors (Lipinski definition) is 5. The van der Waals surface area contributed by atoms with E-state index in [4.69, 9.17) is 11.2 Å². The zero-order valence-electron chi connectivity index (χ0n) is 12.4. The molecule has 0 aromatic carbocycles. The molecule has 1 N–H and O–H groups in total. The van der Waals surface area contributed by atoms with Gasteiger partial charge in [0.05, 0.1) is 25.0 Å². The average molecular weight is 301 g/mol. The summed E-state index contributed by atoms with van der Waals surface area (Å²) in [6.45, 7) is 2.49. The van der Waals surface area contributed by atoms with Crippen LogP contribution in [0.2, 0.25) is 0 Å². The van der Waals surface area contributed by atoms with Gasteiger partial charge in [0.1, 0.15) is 12.4 Å². The monoisotopic (exact) mass is 301 g/mol. The van der Waals surface area contributed by atoms with Gasteiger partial charge in [-0.25, -0.2) is 4.98 Å². The molecule has 22 heavy (non-hydrogen) atoms. The first-order valence-electron chi connectivity index (χ1n) is 7.48. The van der Waals surface area contributed by atoms with Gasteiger partial charge in [0, 0.05) is 32.2 Å². The zero-order valence-corrected chi connectivity index (χ0v) is 12.4. The van der Waals surface area contributed by atoms with Crippen LogP contribution >= 0.6 is 0 Å². The highest BCUT2D eigenvalue weighted by Crippen LogP contribution is 2.37. The molecule has 0 unspecified atom stereocenters. The van der Waals surface area contributed by atoms with Crippen LogP contribution in [-0.4, -0.2) is 27.7 Å². The summed E-state index contributed by atoms with van der Waals surface area (Å²) < 4.78 is 7.45. The molecule has 0 spiro atoms. The lowest BCUT2D eigenvalue weighted by Gasteiger charge is -2.17. The number of terminal acetylenes is 1. The SMILES string of the molecule is C#CCCC1(CCC(=O)NCc2cnc3n2CCOC3)N=N1. The minimum Gasteiger partial charge on any atom is -0.372 e. The van der Waals surface area contributed by atoms with E-state index in [1.807, 2.05) is 0 Å². The van der Waals surface area contributed by atoms with E-state index in [1.54, 1.807) is 6.20 Å². The van der Waals surface area contributed by atoms with Crippen LogP contribution in [0, 0.1) is 12.3 Å². The number of fused-ring (bicyclic) bond motifs is 1. The Hall–Kier alpha value is -2.20. The van der Waals surface area contributed by atoms with Gasteiger partial charge in [-0.2, -0.15) is 10.2 Å². The zero-order chi connectivity index (χ0) is 15.4. The molecule has 3 rings (SSSR count). The van der Waals surface area contributed by atoms with Crippen molar-refractivity contribution >= 4 is 5.91 Å². The maximum absolute atomic E-state index is 12.0. The number of nitrogens with zero attached hydrogens (tertiary/aromatic N) is 4. The normalized spacial score (nSPS) is 17.6. The Balaban J connectivity index is 1.43. The van der Waals surface area contributed by atoms with Gasteiger partial charge in [-0.05, 0) is 0 Å². The third-order valence-electron chi connectivity index (χ3n) is 3.98. The van der Waals surface area contributed by atoms with Gasteiger partial charge in [0.15, 0.2) is 5.66 Å². The smallest absolute Gasteiger partial charge is 0.220 e. The first-order chi connectivity index (χ1) is 10.7. The molecular weight excluding hydrogens is 282 g/mol. The molecule has 1 aromatic heterocycles. The topological polar surface area (TPSA) is 80.9 Å². The second-order valence-corrected chi connectivity index (χ2v) is 5.53. The molecule has 7 nitrogen and oxygen atoms in total. The lowest BCUT2D eigenvalue weighted by Crippen LogP contribution is -2.27. The van der Waals surface area contributed by atoms with E-state index in [9.17, 15) is 4.79 Å². The largest absolute Gasteiger partial charge is 0.372 e. The number of rotatable bonds is 7. The predicted octanol–water partition coefficient (Wildman–Crippen LogP) is 1.39. The van der Waals surface area contributed by atoms with Crippen molar-refractivity contribution in [3.8, 4) is 12.3 Å². The summed E-state index contributed by atoms with van der Waals surface area (Å²) in [6.07, 6.45) is 9.44. The number of carbonyl (C=O) groups is 1. The predicted molar refractivity (Wildman–Crippen MR) is 78.6 cm³/mol. The number of ether oxygens (including phenoxy) is 1. The van der Waals surface area contributed by atoms with Crippen molar-refractivity contribution in [1.82, 2.24) is 14.9 Å². The van der Waals surface area contributed by atoms with E-state index in [0.29, 0.717) is 39.0 Å². The van der Waals surface area contributed by atoms with Crippen LogP contribution in [0.25, 0.3) is 0 Å². The maximum atomic E-state index is 12.0. The fraction of sp³-hybridized carbons (Fsp3) is 0.600. The van der Waals surface area contributed by atoms with Crippen molar-refractivity contribution < 1.29 is 9.53 Å². The summed E-state index contributed by atoms with van der Waals surface area (Å²) in [5.74, 6) is 3.50. The van der Waals surface area contributed by atoms with Crippen LogP contribution in [-0.2, 0) is 29.2 Å². The van der Waals surface area contributed by atoms with Gasteiger partial charge in [0.25, 0.3) is 0 Å². The Bertz CT molecular complexity index is 622. The number of nitrogens with one attached hydrogen (secondary N) is 1. The molecule has 116 valence electrons. The standard InChI is InChI=1S/C15H19N5O2/c1-2-3-5-15(18-19-15)6-4-14(21)17-10-12-9-16-13-11-22-8-7-20(12)13/h1,9H,3-8,10-11H2,(H,17,21). The Kier molecular flexibility index (Phi) is 4.20. The summed E-state index contributed by atoms with van der Waals surface area (Å²) in [5, 5.41) is 11.0. The third-order valence-corrected chi connectivity index (χ3v) is 3.98. The molecule has 0 saturated heterocycles. The summed E-state index contributed by atoms with van der Waals surface area (Å²) in [6, 6.07) is 0. The molecule has 0 fully saturated rings. The fourth-order valence-corrected chi connectivity index (χ4v) is 2.56. The van der Waals surface area contributed by atoms with Crippen molar-refractivity contribution in [3.05, 3.63) is 17.7 Å². The quantitative estimate of drug-likeness (QED) is 0.773. The highest BCUT2D eigenvalue weighted by molar-refractivity contribution is 5.75. The molecule has 0 bridgehead atoms. The molecule has 3 heterocycles. The molecule has 0 saturated carbocycles. The summed E-state index contributed by atoms with van der Waals surface area (Å²) in [7, 11) is 0. The second-order valence-electron chi connectivity index (χ2n) is 5.53. The van der Waals surface area contributed by atoms with Crippen LogP contribution in [0.5, 0.6) is 0 Å². The Morgan fingerprint density at radius 3 is 3.14 bits per heavy atom. The van der Waals surface area contributed by atoms with Crippen molar-refractivity contribution in [2.75, 3.05) is 6.61 Å². The third kappa shape index (κ3) is 3.34. The Morgan fingerprint density at radius 1 is 1.50 bits per heavy atom. The van der Waals surface area contributed by atoms with Gasteiger partial charge in [-0.1, -0.05) is 0 Å². The molecule has 7 heteroatoms. The van der Waals surface area contributed by atoms with Gasteiger partial charge < -0.3 is 14.6 Å². The number of imidazole rings is 1. The van der Waals surface area contributed by atoms with Gasteiger partial charge in [0.2, 0.25) is 5.91 Å². The van der Waals surface area contributed by atoms with E-state index in [-0.39, 0.29) is 5.91 Å². The molecule has 1 amide bonds. The number of carbonyl (C=O) groups excluding carboxylic acids is 1. The number of aromatic nitrogens is 2. The van der Waals surface area contributed by atoms with Crippen molar-refractivity contribution in [2.45, 2.75) is 51.0 Å². The van der Waals surface area contributed by atoms with Crippen LogP contribution in [0.1, 0.15) is 37.2 Å². The lowest BCUT2D eigenvalue weighted by molar-refractivity contribution is -0.121. The molecule has 0 aliphatic carbocycles. The summed E-state index contributed by atoms with van der Waals surface area (Å²) in [4.78, 5) is 16.3. The molecule has 0 radical (unpaired) electrons. The molecule has 2 aliphatic rings. The lowest BCUT2D eigenvalue weighted by atomic mass is 10.0. The molecular formula is C15H19N5O2. The van der Waals surface area contributed by atoms with E-state index in [2.05, 4.69) is 31.0 Å². The first-order valence-corrected chi connectivity index (χ1v) is 7.48. The van der Waals surface area contributed by atoms with E-state index >= 15 is 0 Å². The Morgan fingerprint density at radius 2 is 2.36 bits per heavy atom. The van der Waals surface area contributed by atoms with Crippen molar-refractivity contribution in [1.29, 1.82) is 0 Å². The number of amides is 1. The minimum absolute atomic E-state index is 0.00000732. The summed E-state index contributed by atoms with van der Waals surface area (Å²) >= 11 is 0. The Labute approximate surface area is 129 Å².